The number of benzene rings is 1. The summed E-state index contributed by atoms with van der Waals surface area (Å²) in [7, 11) is 0. The van der Waals surface area contributed by atoms with Crippen molar-refractivity contribution >= 4 is 39.1 Å². The van der Waals surface area contributed by atoms with Crippen LogP contribution in [0, 0.1) is 23.7 Å². The van der Waals surface area contributed by atoms with Gasteiger partial charge < -0.3 is 4.98 Å². The van der Waals surface area contributed by atoms with Gasteiger partial charge in [-0.05, 0) is 36.5 Å². The number of nitrogens with one attached hydrogen (secondary N) is 1. The van der Waals surface area contributed by atoms with Gasteiger partial charge in [-0.25, -0.2) is 4.90 Å². The lowest BCUT2D eigenvalue weighted by Gasteiger charge is -2.17. The number of hydrogen-bond acceptors (Lipinski definition) is 4. The third kappa shape index (κ3) is 1.40. The summed E-state index contributed by atoms with van der Waals surface area (Å²) in [5, 5.41) is 0. The van der Waals surface area contributed by atoms with E-state index >= 15 is 0 Å². The summed E-state index contributed by atoms with van der Waals surface area (Å²) in [5.74, 6) is -0.158. The Labute approximate surface area is 129 Å². The summed E-state index contributed by atoms with van der Waals surface area (Å²) >= 11 is 1.12. The van der Waals surface area contributed by atoms with Crippen LogP contribution in [0.15, 0.2) is 35.1 Å². The first-order chi connectivity index (χ1) is 10.6. The number of carbonyl (C=O) groups excluding carboxylic acids is 2. The molecule has 4 atom stereocenters. The summed E-state index contributed by atoms with van der Waals surface area (Å²) in [5.41, 5.74) is 1.23. The maximum atomic E-state index is 12.7. The van der Waals surface area contributed by atoms with Gasteiger partial charge in [0.25, 0.3) is 0 Å². The van der Waals surface area contributed by atoms with Crippen LogP contribution in [-0.2, 0) is 9.59 Å². The number of thiazole rings is 1. The number of nitrogens with zero attached hydrogens (tertiary/aromatic N) is 1. The van der Waals surface area contributed by atoms with Gasteiger partial charge in [-0.3, -0.25) is 14.4 Å². The molecule has 2 unspecified atom stereocenters. The molecule has 1 saturated heterocycles. The number of hydrogen-bond donors (Lipinski definition) is 1. The minimum atomic E-state index is -0.195. The van der Waals surface area contributed by atoms with Crippen LogP contribution >= 0.6 is 11.3 Å². The van der Waals surface area contributed by atoms with Gasteiger partial charge >= 0.3 is 4.87 Å². The van der Waals surface area contributed by atoms with Crippen molar-refractivity contribution in [2.45, 2.75) is 6.42 Å². The molecule has 2 amide bonds. The van der Waals surface area contributed by atoms with Gasteiger partial charge in [0, 0.05) is 0 Å². The topological polar surface area (TPSA) is 70.2 Å². The molecule has 1 aliphatic heterocycles. The molecule has 6 heteroatoms. The van der Waals surface area contributed by atoms with Crippen LogP contribution in [0.2, 0.25) is 0 Å². The molecular formula is C16H12N2O3S. The molecule has 0 radical (unpaired) electrons. The van der Waals surface area contributed by atoms with E-state index in [0.717, 1.165) is 22.5 Å². The van der Waals surface area contributed by atoms with Crippen LogP contribution in [0.25, 0.3) is 10.2 Å². The monoisotopic (exact) mass is 312 g/mol. The number of rotatable bonds is 1. The van der Waals surface area contributed by atoms with E-state index in [1.165, 1.54) is 4.90 Å². The molecule has 1 N–H and O–H groups in total. The maximum absolute atomic E-state index is 12.7. The highest BCUT2D eigenvalue weighted by atomic mass is 32.1. The average Bonchev–Trinajstić information content (AvgIpc) is 3.21. The highest BCUT2D eigenvalue weighted by Gasteiger charge is 2.59. The average molecular weight is 312 g/mol. The molecule has 3 aliphatic rings. The zero-order valence-electron chi connectivity index (χ0n) is 11.5. The van der Waals surface area contributed by atoms with E-state index in [1.807, 2.05) is 0 Å². The molecule has 2 heterocycles. The van der Waals surface area contributed by atoms with Gasteiger partial charge in [0.2, 0.25) is 11.8 Å². The van der Waals surface area contributed by atoms with Crippen molar-refractivity contribution < 1.29 is 9.59 Å². The molecule has 22 heavy (non-hydrogen) atoms. The van der Waals surface area contributed by atoms with E-state index in [-0.39, 0.29) is 40.4 Å². The number of H-pyrrole nitrogens is 1. The second-order valence-electron chi connectivity index (χ2n) is 6.21. The zero-order valence-corrected chi connectivity index (χ0v) is 12.3. The normalized spacial score (nSPS) is 32.5. The van der Waals surface area contributed by atoms with Gasteiger partial charge in [-0.2, -0.15) is 0 Å². The minimum Gasteiger partial charge on any atom is -0.312 e. The summed E-state index contributed by atoms with van der Waals surface area (Å²) < 4.78 is 0.828. The SMILES string of the molecule is O=C1[C@@H]2C3C=CC(C3)[C@@H]2C(=O)N1c1ccc2sc(=O)[nH]c2c1. The quantitative estimate of drug-likeness (QED) is 0.646. The van der Waals surface area contributed by atoms with Crippen molar-refractivity contribution in [3.05, 3.63) is 40.0 Å². The first-order valence-electron chi connectivity index (χ1n) is 7.32. The predicted molar refractivity (Wildman–Crippen MR) is 82.7 cm³/mol. The second kappa shape index (κ2) is 3.95. The number of imide groups is 1. The van der Waals surface area contributed by atoms with Gasteiger partial charge in [0.15, 0.2) is 0 Å². The van der Waals surface area contributed by atoms with Gasteiger partial charge in [0.05, 0.1) is 27.7 Å². The van der Waals surface area contributed by atoms with Crippen molar-refractivity contribution in [1.82, 2.24) is 4.98 Å². The molecular weight excluding hydrogens is 300 g/mol. The Morgan fingerprint density at radius 3 is 2.41 bits per heavy atom. The number of fused-ring (bicyclic) bond motifs is 6. The molecule has 2 fully saturated rings. The van der Waals surface area contributed by atoms with Crippen molar-refractivity contribution in [1.29, 1.82) is 0 Å². The number of carbonyl (C=O) groups is 2. The first kappa shape index (κ1) is 12.3. The minimum absolute atomic E-state index is 0.0937. The molecule has 1 aromatic heterocycles. The highest BCUT2D eigenvalue weighted by molar-refractivity contribution is 7.16. The lowest BCUT2D eigenvalue weighted by atomic mass is 9.85. The Balaban J connectivity index is 1.61. The highest BCUT2D eigenvalue weighted by Crippen LogP contribution is 2.53. The van der Waals surface area contributed by atoms with Crippen molar-refractivity contribution in [3.8, 4) is 0 Å². The van der Waals surface area contributed by atoms with E-state index in [9.17, 15) is 14.4 Å². The van der Waals surface area contributed by atoms with Gasteiger partial charge in [-0.1, -0.05) is 23.5 Å². The molecule has 0 spiro atoms. The fourth-order valence-corrected chi connectivity index (χ4v) is 4.95. The standard InChI is InChI=1S/C16H12N2O3S/c19-14-12-7-1-2-8(5-7)13(12)15(20)18(14)9-3-4-11-10(6-9)17-16(21)22-11/h1-4,6-8,12-13H,5H2,(H,17,21)/t7?,8?,12-,13+. The Kier molecular flexibility index (Phi) is 2.22. The first-order valence-corrected chi connectivity index (χ1v) is 8.14. The van der Waals surface area contributed by atoms with Crippen LogP contribution in [-0.4, -0.2) is 16.8 Å². The van der Waals surface area contributed by atoms with Crippen molar-refractivity contribution in [2.24, 2.45) is 23.7 Å². The Bertz CT molecular complexity index is 895. The van der Waals surface area contributed by atoms with Gasteiger partial charge in [0.1, 0.15) is 0 Å². The van der Waals surface area contributed by atoms with Crippen molar-refractivity contribution in [2.75, 3.05) is 4.90 Å². The molecule has 5 rings (SSSR count). The van der Waals surface area contributed by atoms with E-state index in [4.69, 9.17) is 0 Å². The smallest absolute Gasteiger partial charge is 0.305 e. The molecule has 5 nitrogen and oxygen atoms in total. The Hall–Kier alpha value is -2.21. The van der Waals surface area contributed by atoms with Crippen molar-refractivity contribution in [3.63, 3.8) is 0 Å². The van der Waals surface area contributed by atoms with Crippen LogP contribution in [0.4, 0.5) is 5.69 Å². The fourth-order valence-electron chi connectivity index (χ4n) is 4.24. The molecule has 110 valence electrons. The third-order valence-electron chi connectivity index (χ3n) is 5.13. The summed E-state index contributed by atoms with van der Waals surface area (Å²) in [4.78, 5) is 40.8. The number of aromatic nitrogens is 1. The maximum Gasteiger partial charge on any atom is 0.305 e. The lowest BCUT2D eigenvalue weighted by Crippen LogP contribution is -2.32. The van der Waals surface area contributed by atoms with Crippen LogP contribution in [0.3, 0.4) is 0 Å². The number of allylic oxidation sites excluding steroid dienone is 2. The van der Waals surface area contributed by atoms with E-state index < -0.39 is 0 Å². The zero-order chi connectivity index (χ0) is 15.0. The molecule has 2 aliphatic carbocycles. The Morgan fingerprint density at radius 2 is 1.73 bits per heavy atom. The summed E-state index contributed by atoms with van der Waals surface area (Å²) in [6.45, 7) is 0. The fraction of sp³-hybridized carbons (Fsp3) is 0.312. The predicted octanol–water partition coefficient (Wildman–Crippen LogP) is 1.90. The van der Waals surface area contributed by atoms with Crippen LogP contribution in [0.5, 0.6) is 0 Å². The van der Waals surface area contributed by atoms with E-state index in [2.05, 4.69) is 17.1 Å². The summed E-state index contributed by atoms with van der Waals surface area (Å²) in [6, 6.07) is 5.26. The molecule has 1 aromatic carbocycles. The number of aromatic amines is 1. The summed E-state index contributed by atoms with van der Waals surface area (Å²) in [6.07, 6.45) is 5.09. The molecule has 2 bridgehead atoms. The van der Waals surface area contributed by atoms with E-state index in [1.54, 1.807) is 18.2 Å². The van der Waals surface area contributed by atoms with Crippen LogP contribution < -0.4 is 9.77 Å². The number of anilines is 1. The second-order valence-corrected chi connectivity index (χ2v) is 7.22. The molecule has 1 saturated carbocycles. The number of amides is 2. The van der Waals surface area contributed by atoms with E-state index in [0.29, 0.717) is 11.2 Å². The van der Waals surface area contributed by atoms with Crippen LogP contribution in [0.1, 0.15) is 6.42 Å². The Morgan fingerprint density at radius 1 is 1.05 bits per heavy atom. The molecule has 2 aromatic rings. The third-order valence-corrected chi connectivity index (χ3v) is 5.99. The largest absolute Gasteiger partial charge is 0.312 e. The lowest BCUT2D eigenvalue weighted by molar-refractivity contribution is -0.123. The van der Waals surface area contributed by atoms with Gasteiger partial charge in [-0.15, -0.1) is 0 Å².